The number of hydrogen-bond acceptors (Lipinski definition) is 5. The summed E-state index contributed by atoms with van der Waals surface area (Å²) < 4.78 is 11.3. The van der Waals surface area contributed by atoms with Gasteiger partial charge in [0, 0.05) is 45.9 Å². The lowest BCUT2D eigenvalue weighted by Crippen LogP contribution is -2.58. The Hall–Kier alpha value is -4.88. The fourth-order valence-corrected chi connectivity index (χ4v) is 8.36. The summed E-state index contributed by atoms with van der Waals surface area (Å²) in [4.78, 5) is 33.3. The highest BCUT2D eigenvalue weighted by atomic mass is 16.5. The highest BCUT2D eigenvalue weighted by Crippen LogP contribution is 2.65. The van der Waals surface area contributed by atoms with E-state index < -0.39 is 11.0 Å². The number of rotatable bonds is 5. The Labute approximate surface area is 255 Å². The number of methoxy groups -OCH3 is 2. The van der Waals surface area contributed by atoms with Crippen molar-refractivity contribution in [1.82, 2.24) is 10.3 Å². The molecular weight excluding hydrogens is 550 g/mol. The third-order valence-electron chi connectivity index (χ3n) is 10.2. The summed E-state index contributed by atoms with van der Waals surface area (Å²) in [6, 6.07) is 27.9. The van der Waals surface area contributed by atoms with Gasteiger partial charge in [0.2, 0.25) is 5.91 Å². The first kappa shape index (κ1) is 26.7. The minimum Gasteiger partial charge on any atom is -0.493 e. The molecule has 1 unspecified atom stereocenters. The van der Waals surface area contributed by atoms with E-state index in [1.165, 1.54) is 0 Å². The van der Waals surface area contributed by atoms with E-state index in [-0.39, 0.29) is 23.7 Å². The third-order valence-corrected chi connectivity index (χ3v) is 10.2. The SMILES string of the molecule is COc1cc2c(cc1OC)C(=O)[C@]1(C2)[C@H](c2ccc(C)cc2)[C@H](Cc2c[nH]c3ccccc23)NC12C(=O)Nc1ccccc12. The number of Topliss-reactive ketones (excluding diaryl/α,β-unsaturated/α-hetero) is 1. The minimum absolute atomic E-state index is 0.0557. The monoisotopic (exact) mass is 583 g/mol. The number of carbonyl (C=O) groups excluding carboxylic acids is 2. The van der Waals surface area contributed by atoms with Gasteiger partial charge in [-0.25, -0.2) is 0 Å². The van der Waals surface area contributed by atoms with Gasteiger partial charge in [0.25, 0.3) is 0 Å². The Morgan fingerprint density at radius 1 is 0.886 bits per heavy atom. The number of amides is 1. The molecule has 0 radical (unpaired) electrons. The molecule has 3 heterocycles. The van der Waals surface area contributed by atoms with E-state index in [9.17, 15) is 4.79 Å². The molecule has 3 N–H and O–H groups in total. The molecule has 3 aliphatic rings. The van der Waals surface area contributed by atoms with Crippen molar-refractivity contribution in [2.24, 2.45) is 5.41 Å². The first-order valence-electron chi connectivity index (χ1n) is 15.0. The molecule has 7 nitrogen and oxygen atoms in total. The van der Waals surface area contributed by atoms with Crippen molar-refractivity contribution < 1.29 is 19.1 Å². The van der Waals surface area contributed by atoms with Gasteiger partial charge < -0.3 is 19.8 Å². The second-order valence-electron chi connectivity index (χ2n) is 12.3. The maximum absolute atomic E-state index is 15.3. The van der Waals surface area contributed by atoms with Crippen molar-refractivity contribution >= 4 is 28.3 Å². The van der Waals surface area contributed by atoms with Crippen LogP contribution in [0.2, 0.25) is 0 Å². The standard InChI is InChI=1S/C37H33N3O4/c1-21-12-14-22(15-13-21)33-30(16-24-20-38-28-10-6-4-8-25(24)28)40-37(27-9-5-7-11-29(27)39-35(37)42)36(33)19-23-17-31(43-2)32(44-3)18-26(23)34(36)41/h4-15,17-18,20,30,33,38,40H,16,19H2,1-3H3,(H,39,42)/t30-,33+,36-,37?/m0/s1. The molecule has 220 valence electrons. The summed E-state index contributed by atoms with van der Waals surface area (Å²) in [6.07, 6.45) is 3.05. The first-order valence-corrected chi connectivity index (χ1v) is 15.0. The predicted molar refractivity (Wildman–Crippen MR) is 170 cm³/mol. The Morgan fingerprint density at radius 2 is 1.61 bits per heavy atom. The number of nitrogens with one attached hydrogen (secondary N) is 3. The Morgan fingerprint density at radius 3 is 2.41 bits per heavy atom. The quantitative estimate of drug-likeness (QED) is 0.234. The molecule has 1 aromatic heterocycles. The largest absolute Gasteiger partial charge is 0.493 e. The van der Waals surface area contributed by atoms with Crippen LogP contribution in [0.5, 0.6) is 11.5 Å². The van der Waals surface area contributed by atoms with E-state index in [2.05, 4.69) is 65.1 Å². The summed E-state index contributed by atoms with van der Waals surface area (Å²) in [7, 11) is 3.17. The molecule has 4 atom stereocenters. The summed E-state index contributed by atoms with van der Waals surface area (Å²) in [6.45, 7) is 2.06. The van der Waals surface area contributed by atoms with Crippen molar-refractivity contribution in [2.75, 3.05) is 19.5 Å². The molecule has 0 bridgehead atoms. The van der Waals surface area contributed by atoms with Gasteiger partial charge in [0.1, 0.15) is 5.54 Å². The van der Waals surface area contributed by atoms with E-state index in [1.807, 2.05) is 42.5 Å². The number of aromatic amines is 1. The van der Waals surface area contributed by atoms with Crippen LogP contribution >= 0.6 is 0 Å². The van der Waals surface area contributed by atoms with Crippen LogP contribution in [0, 0.1) is 12.3 Å². The highest BCUT2D eigenvalue weighted by molar-refractivity contribution is 6.16. The van der Waals surface area contributed by atoms with Gasteiger partial charge in [-0.3, -0.25) is 14.9 Å². The number of carbonyl (C=O) groups is 2. The molecule has 2 aliphatic heterocycles. The van der Waals surface area contributed by atoms with Crippen molar-refractivity contribution in [3.63, 3.8) is 0 Å². The molecule has 1 fully saturated rings. The van der Waals surface area contributed by atoms with Gasteiger partial charge in [0.15, 0.2) is 17.3 Å². The van der Waals surface area contributed by atoms with Crippen LogP contribution in [0.15, 0.2) is 91.1 Å². The number of ether oxygens (including phenoxy) is 2. The van der Waals surface area contributed by atoms with E-state index in [4.69, 9.17) is 9.47 Å². The zero-order chi connectivity index (χ0) is 30.2. The number of aromatic nitrogens is 1. The van der Waals surface area contributed by atoms with Crippen LogP contribution in [0.1, 0.15) is 44.1 Å². The number of para-hydroxylation sites is 2. The molecule has 1 saturated heterocycles. The summed E-state index contributed by atoms with van der Waals surface area (Å²) in [5.41, 5.74) is 4.88. The highest BCUT2D eigenvalue weighted by Gasteiger charge is 2.75. The van der Waals surface area contributed by atoms with E-state index in [0.717, 1.165) is 44.4 Å². The maximum atomic E-state index is 15.3. The van der Waals surface area contributed by atoms with Gasteiger partial charge in [0.05, 0.1) is 19.6 Å². The Kier molecular flexibility index (Phi) is 5.81. The summed E-state index contributed by atoms with van der Waals surface area (Å²) >= 11 is 0. The van der Waals surface area contributed by atoms with Crippen LogP contribution < -0.4 is 20.1 Å². The van der Waals surface area contributed by atoms with Crippen LogP contribution in [0.3, 0.4) is 0 Å². The van der Waals surface area contributed by atoms with E-state index in [0.29, 0.717) is 29.9 Å². The molecule has 8 rings (SSSR count). The number of benzene rings is 4. The fourth-order valence-electron chi connectivity index (χ4n) is 8.36. The second kappa shape index (κ2) is 9.56. The second-order valence-corrected chi connectivity index (χ2v) is 12.3. The first-order chi connectivity index (χ1) is 21.4. The van der Waals surface area contributed by atoms with Gasteiger partial charge in [-0.15, -0.1) is 0 Å². The number of H-pyrrole nitrogens is 1. The lowest BCUT2D eigenvalue weighted by Gasteiger charge is -2.41. The smallest absolute Gasteiger partial charge is 0.250 e. The van der Waals surface area contributed by atoms with Crippen LogP contribution in [0.4, 0.5) is 5.69 Å². The molecule has 5 aromatic rings. The topological polar surface area (TPSA) is 92.5 Å². The zero-order valence-corrected chi connectivity index (χ0v) is 24.9. The number of aryl methyl sites for hydroxylation is 1. The molecule has 1 amide bonds. The molecule has 1 aliphatic carbocycles. The van der Waals surface area contributed by atoms with Crippen LogP contribution in [-0.4, -0.2) is 36.9 Å². The minimum atomic E-state index is -1.30. The molecular formula is C37H33N3O4. The zero-order valence-electron chi connectivity index (χ0n) is 24.9. The van der Waals surface area contributed by atoms with Gasteiger partial charge in [-0.05, 0) is 60.7 Å². The van der Waals surface area contributed by atoms with Crippen LogP contribution in [0.25, 0.3) is 10.9 Å². The maximum Gasteiger partial charge on any atom is 0.250 e. The fraction of sp³-hybridized carbons (Fsp3) is 0.243. The van der Waals surface area contributed by atoms with Gasteiger partial charge >= 0.3 is 0 Å². The van der Waals surface area contributed by atoms with Crippen molar-refractivity contribution in [3.05, 3.63) is 125 Å². The Bertz CT molecular complexity index is 1980. The molecule has 4 aromatic carbocycles. The molecule has 44 heavy (non-hydrogen) atoms. The predicted octanol–water partition coefficient (Wildman–Crippen LogP) is 6.06. The number of anilines is 1. The Balaban J connectivity index is 1.40. The summed E-state index contributed by atoms with van der Waals surface area (Å²) in [5.74, 6) is 0.479. The molecule has 7 heteroatoms. The average Bonchev–Trinajstić information content (AvgIpc) is 3.75. The molecule has 0 saturated carbocycles. The van der Waals surface area contributed by atoms with E-state index in [1.54, 1.807) is 20.3 Å². The lowest BCUT2D eigenvalue weighted by molar-refractivity contribution is -0.124. The van der Waals surface area contributed by atoms with Crippen molar-refractivity contribution in [3.8, 4) is 11.5 Å². The van der Waals surface area contributed by atoms with Crippen molar-refractivity contribution in [1.29, 1.82) is 0 Å². The van der Waals surface area contributed by atoms with Crippen LogP contribution in [-0.2, 0) is 23.2 Å². The summed E-state index contributed by atoms with van der Waals surface area (Å²) in [5, 5.41) is 8.18. The van der Waals surface area contributed by atoms with Gasteiger partial charge in [-0.2, -0.15) is 0 Å². The number of ketones is 1. The molecule has 2 spiro atoms. The lowest BCUT2D eigenvalue weighted by atomic mass is 9.58. The van der Waals surface area contributed by atoms with E-state index >= 15 is 4.79 Å². The third kappa shape index (κ3) is 3.41. The number of hydrogen-bond donors (Lipinski definition) is 3. The average molecular weight is 584 g/mol. The number of fused-ring (bicyclic) bond motifs is 5. The van der Waals surface area contributed by atoms with Gasteiger partial charge in [-0.1, -0.05) is 66.2 Å². The van der Waals surface area contributed by atoms with Crippen molar-refractivity contribution in [2.45, 2.75) is 37.3 Å². The normalized spacial score (nSPS) is 25.1.